The van der Waals surface area contributed by atoms with Crippen LogP contribution in [0.5, 0.6) is 0 Å². The van der Waals surface area contributed by atoms with Crippen molar-refractivity contribution in [1.29, 1.82) is 0 Å². The van der Waals surface area contributed by atoms with E-state index < -0.39 is 9.84 Å². The molecule has 2 aromatic heterocycles. The van der Waals surface area contributed by atoms with Crippen molar-refractivity contribution in [2.24, 2.45) is 0 Å². The first-order chi connectivity index (χ1) is 15.8. The van der Waals surface area contributed by atoms with Crippen LogP contribution in [-0.2, 0) is 16.4 Å². The number of aromatic nitrogens is 4. The van der Waals surface area contributed by atoms with E-state index in [-0.39, 0.29) is 23.1 Å². The summed E-state index contributed by atoms with van der Waals surface area (Å²) < 4.78 is 27.7. The number of hydrogen-bond acceptors (Lipinski definition) is 6. The highest BCUT2D eigenvalue weighted by Crippen LogP contribution is 2.27. The zero-order valence-corrected chi connectivity index (χ0v) is 20.6. The fraction of sp³-hybridized carbons (Fsp3) is 0.130. The highest BCUT2D eigenvalue weighted by Gasteiger charge is 2.16. The molecule has 0 bridgehead atoms. The summed E-state index contributed by atoms with van der Waals surface area (Å²) in [5.41, 5.74) is 2.71. The standard InChI is InChI=1S/C23H20IN5O3S/c1-16-26-15-29(28-16)12-13-33(31,32)19-8-5-17(6-9-19)23(30)27-18-7-10-21(24)20(14-18)22-4-2-3-11-25-22/h2-11,14-15H,12-13H2,1H3,(H,27,30). The Morgan fingerprint density at radius 2 is 1.85 bits per heavy atom. The molecule has 0 saturated carbocycles. The normalized spacial score (nSPS) is 11.3. The Kier molecular flexibility index (Phi) is 6.84. The second-order valence-corrected chi connectivity index (χ2v) is 10.5. The molecule has 0 atom stereocenters. The van der Waals surface area contributed by atoms with Gasteiger partial charge in [0.05, 0.1) is 22.9 Å². The third-order valence-corrected chi connectivity index (χ3v) is 7.53. The van der Waals surface area contributed by atoms with Gasteiger partial charge >= 0.3 is 0 Å². The number of sulfone groups is 1. The zero-order chi connectivity index (χ0) is 23.4. The number of halogens is 1. The van der Waals surface area contributed by atoms with Crippen LogP contribution in [0.4, 0.5) is 5.69 Å². The molecule has 0 unspecified atom stereocenters. The van der Waals surface area contributed by atoms with Gasteiger partial charge in [-0.05, 0) is 84.1 Å². The van der Waals surface area contributed by atoms with Crippen molar-refractivity contribution < 1.29 is 13.2 Å². The van der Waals surface area contributed by atoms with Gasteiger partial charge in [0, 0.05) is 26.6 Å². The van der Waals surface area contributed by atoms with Crippen molar-refractivity contribution >= 4 is 44.0 Å². The number of pyridine rings is 1. The lowest BCUT2D eigenvalue weighted by molar-refractivity contribution is 0.102. The van der Waals surface area contributed by atoms with Gasteiger partial charge in [0.15, 0.2) is 9.84 Å². The highest BCUT2D eigenvalue weighted by molar-refractivity contribution is 14.1. The molecule has 33 heavy (non-hydrogen) atoms. The molecule has 8 nitrogen and oxygen atoms in total. The molecule has 2 heterocycles. The SMILES string of the molecule is Cc1ncn(CCS(=O)(=O)c2ccc(C(=O)Nc3ccc(I)c(-c4ccccn4)c3)cc2)n1. The van der Waals surface area contributed by atoms with Crippen molar-refractivity contribution in [3.8, 4) is 11.3 Å². The number of carbonyl (C=O) groups excluding carboxylic acids is 1. The Bertz CT molecular complexity index is 1390. The Balaban J connectivity index is 1.45. The Morgan fingerprint density at radius 3 is 2.52 bits per heavy atom. The van der Waals surface area contributed by atoms with Crippen LogP contribution in [0.3, 0.4) is 0 Å². The number of rotatable bonds is 7. The summed E-state index contributed by atoms with van der Waals surface area (Å²) >= 11 is 2.23. The molecule has 0 aliphatic rings. The number of carbonyl (C=O) groups is 1. The second-order valence-electron chi connectivity index (χ2n) is 7.26. The van der Waals surface area contributed by atoms with Crippen molar-refractivity contribution in [2.75, 3.05) is 11.1 Å². The predicted molar refractivity (Wildman–Crippen MR) is 134 cm³/mol. The topological polar surface area (TPSA) is 107 Å². The number of nitrogens with zero attached hydrogens (tertiary/aromatic N) is 4. The van der Waals surface area contributed by atoms with E-state index in [1.165, 1.54) is 35.3 Å². The van der Waals surface area contributed by atoms with Crippen LogP contribution in [0.2, 0.25) is 0 Å². The molecule has 168 valence electrons. The minimum absolute atomic E-state index is 0.111. The van der Waals surface area contributed by atoms with Crippen LogP contribution < -0.4 is 5.32 Å². The van der Waals surface area contributed by atoms with Gasteiger partial charge in [-0.25, -0.2) is 13.4 Å². The van der Waals surface area contributed by atoms with Gasteiger partial charge in [-0.2, -0.15) is 5.10 Å². The summed E-state index contributed by atoms with van der Waals surface area (Å²) in [5.74, 6) is 0.147. The lowest BCUT2D eigenvalue weighted by Crippen LogP contribution is -2.15. The molecule has 0 aliphatic carbocycles. The maximum absolute atomic E-state index is 12.7. The Labute approximate surface area is 205 Å². The van der Waals surface area contributed by atoms with E-state index in [1.807, 2.05) is 36.4 Å². The van der Waals surface area contributed by atoms with Gasteiger partial charge in [0.2, 0.25) is 0 Å². The molecule has 4 rings (SSSR count). The first-order valence-electron chi connectivity index (χ1n) is 10.0. The molecule has 4 aromatic rings. The van der Waals surface area contributed by atoms with Crippen molar-refractivity contribution in [2.45, 2.75) is 18.4 Å². The quantitative estimate of drug-likeness (QED) is 0.336. The number of nitrogens with one attached hydrogen (secondary N) is 1. The van der Waals surface area contributed by atoms with Gasteiger partial charge in [-0.15, -0.1) is 0 Å². The summed E-state index contributed by atoms with van der Waals surface area (Å²) in [6.45, 7) is 1.95. The maximum Gasteiger partial charge on any atom is 0.255 e. The first kappa shape index (κ1) is 23.1. The molecule has 0 saturated heterocycles. The monoisotopic (exact) mass is 573 g/mol. The van der Waals surface area contributed by atoms with Gasteiger partial charge < -0.3 is 5.32 Å². The zero-order valence-electron chi connectivity index (χ0n) is 17.6. The van der Waals surface area contributed by atoms with Crippen LogP contribution in [0.1, 0.15) is 16.2 Å². The molecule has 0 radical (unpaired) electrons. The molecular formula is C23H20IN5O3S. The maximum atomic E-state index is 12.7. The summed E-state index contributed by atoms with van der Waals surface area (Å²) in [5, 5.41) is 6.96. The molecule has 2 aromatic carbocycles. The van der Waals surface area contributed by atoms with Crippen molar-refractivity contribution in [3.05, 3.63) is 88.1 Å². The van der Waals surface area contributed by atoms with Gasteiger partial charge in [-0.1, -0.05) is 6.07 Å². The summed E-state index contributed by atoms with van der Waals surface area (Å²) in [6.07, 6.45) is 3.22. The van der Waals surface area contributed by atoms with E-state index >= 15 is 0 Å². The smallest absolute Gasteiger partial charge is 0.255 e. The Hall–Kier alpha value is -3.12. The van der Waals surface area contributed by atoms with E-state index in [2.05, 4.69) is 43.0 Å². The van der Waals surface area contributed by atoms with Crippen LogP contribution in [0, 0.1) is 10.5 Å². The fourth-order valence-corrected chi connectivity index (χ4v) is 4.99. The number of amides is 1. The Morgan fingerprint density at radius 1 is 1.06 bits per heavy atom. The number of benzene rings is 2. The van der Waals surface area contributed by atoms with Gasteiger partial charge in [-0.3, -0.25) is 14.5 Å². The van der Waals surface area contributed by atoms with Crippen molar-refractivity contribution in [3.63, 3.8) is 0 Å². The summed E-state index contributed by atoms with van der Waals surface area (Å²) in [6, 6.07) is 17.2. The summed E-state index contributed by atoms with van der Waals surface area (Å²) in [4.78, 5) is 21.2. The number of hydrogen-bond donors (Lipinski definition) is 1. The van der Waals surface area contributed by atoms with Gasteiger partial charge in [0.1, 0.15) is 12.2 Å². The number of aryl methyl sites for hydroxylation is 2. The predicted octanol–water partition coefficient (Wildman–Crippen LogP) is 3.98. The molecular weight excluding hydrogens is 553 g/mol. The van der Waals surface area contributed by atoms with E-state index in [1.54, 1.807) is 13.1 Å². The minimum atomic E-state index is -3.52. The fourth-order valence-electron chi connectivity index (χ4n) is 3.17. The molecule has 1 N–H and O–H groups in total. The molecule has 0 aliphatic heterocycles. The van der Waals surface area contributed by atoms with Gasteiger partial charge in [0.25, 0.3) is 5.91 Å². The lowest BCUT2D eigenvalue weighted by Gasteiger charge is -2.10. The van der Waals surface area contributed by atoms with E-state index in [4.69, 9.17) is 0 Å². The van der Waals surface area contributed by atoms with E-state index in [0.29, 0.717) is 17.1 Å². The molecule has 1 amide bonds. The third-order valence-electron chi connectivity index (χ3n) is 4.88. The van der Waals surface area contributed by atoms with E-state index in [9.17, 15) is 13.2 Å². The second kappa shape index (κ2) is 9.79. The summed E-state index contributed by atoms with van der Waals surface area (Å²) in [7, 11) is -3.52. The first-order valence-corrected chi connectivity index (χ1v) is 12.8. The molecule has 0 fully saturated rings. The lowest BCUT2D eigenvalue weighted by atomic mass is 10.1. The van der Waals surface area contributed by atoms with Crippen LogP contribution in [0.15, 0.2) is 78.1 Å². The van der Waals surface area contributed by atoms with Crippen molar-refractivity contribution in [1.82, 2.24) is 19.7 Å². The largest absolute Gasteiger partial charge is 0.322 e. The molecule has 10 heteroatoms. The van der Waals surface area contributed by atoms with Crippen LogP contribution in [0.25, 0.3) is 11.3 Å². The number of anilines is 1. The average Bonchev–Trinajstić information content (AvgIpc) is 3.25. The average molecular weight is 573 g/mol. The highest BCUT2D eigenvalue weighted by atomic mass is 127. The third kappa shape index (κ3) is 5.63. The van der Waals surface area contributed by atoms with E-state index in [0.717, 1.165) is 14.8 Å². The molecule has 0 spiro atoms. The van der Waals surface area contributed by atoms with Crippen LogP contribution in [-0.4, -0.2) is 39.8 Å². The minimum Gasteiger partial charge on any atom is -0.322 e. The van der Waals surface area contributed by atoms with Crippen LogP contribution >= 0.6 is 22.6 Å².